The van der Waals surface area contributed by atoms with Gasteiger partial charge in [0, 0.05) is 33.6 Å². The van der Waals surface area contributed by atoms with Crippen LogP contribution in [0.25, 0.3) is 40.3 Å². The molecule has 0 unspecified atom stereocenters. The van der Waals surface area contributed by atoms with Crippen LogP contribution in [-0.4, -0.2) is 9.13 Å². The highest BCUT2D eigenvalue weighted by atomic mass is 32.1. The maximum absolute atomic E-state index is 12.5. The van der Waals surface area contributed by atoms with Crippen LogP contribution in [0.15, 0.2) is 43.4 Å². The average molecular weight is 639 g/mol. The molecule has 6 heterocycles. The molecule has 0 fully saturated rings. The highest BCUT2D eigenvalue weighted by Gasteiger charge is 2.16. The van der Waals surface area contributed by atoms with Gasteiger partial charge in [0.25, 0.3) is 22.2 Å². The molecule has 0 saturated heterocycles. The summed E-state index contributed by atoms with van der Waals surface area (Å²) in [5, 5.41) is 2.72. The predicted octanol–water partition coefficient (Wildman–Crippen LogP) is 7.38. The third kappa shape index (κ3) is 5.34. The molecular formula is C32H34N2O4S4. The summed E-state index contributed by atoms with van der Waals surface area (Å²) in [7, 11) is 3.15. The first kappa shape index (κ1) is 30.5. The second-order valence-electron chi connectivity index (χ2n) is 10.4. The van der Waals surface area contributed by atoms with Gasteiger partial charge in [-0.15, -0.1) is 45.3 Å². The van der Waals surface area contributed by atoms with Crippen LogP contribution in [0.3, 0.4) is 0 Å². The van der Waals surface area contributed by atoms with Crippen molar-refractivity contribution in [1.29, 1.82) is 0 Å². The fraction of sp³-hybridized carbons (Fsp3) is 0.375. The van der Waals surface area contributed by atoms with E-state index >= 15 is 0 Å². The van der Waals surface area contributed by atoms with E-state index in [4.69, 9.17) is 0 Å². The van der Waals surface area contributed by atoms with E-state index in [1.165, 1.54) is 28.6 Å². The Morgan fingerprint density at radius 2 is 0.738 bits per heavy atom. The summed E-state index contributed by atoms with van der Waals surface area (Å²) in [5.41, 5.74) is -0.747. The van der Waals surface area contributed by atoms with Crippen LogP contribution < -0.4 is 22.2 Å². The highest BCUT2D eigenvalue weighted by Crippen LogP contribution is 2.35. The van der Waals surface area contributed by atoms with Crippen LogP contribution in [-0.2, 0) is 39.8 Å². The summed E-state index contributed by atoms with van der Waals surface area (Å²) < 4.78 is 6.38. The molecule has 0 N–H and O–H groups in total. The Kier molecular flexibility index (Phi) is 8.99. The van der Waals surface area contributed by atoms with Crippen molar-refractivity contribution in [2.24, 2.45) is 14.1 Å². The monoisotopic (exact) mass is 638 g/mol. The fourth-order valence-electron chi connectivity index (χ4n) is 5.07. The third-order valence-electron chi connectivity index (χ3n) is 7.37. The molecule has 0 spiro atoms. The maximum atomic E-state index is 12.5. The minimum absolute atomic E-state index is 0.185. The minimum atomic E-state index is -0.189. The quantitative estimate of drug-likeness (QED) is 0.191. The van der Waals surface area contributed by atoms with Gasteiger partial charge in [-0.3, -0.25) is 28.3 Å². The van der Waals surface area contributed by atoms with Gasteiger partial charge in [-0.2, -0.15) is 0 Å². The van der Waals surface area contributed by atoms with Crippen molar-refractivity contribution in [2.75, 3.05) is 0 Å². The Morgan fingerprint density at radius 1 is 0.476 bits per heavy atom. The Hall–Kier alpha value is -2.92. The number of rotatable bonds is 6. The Labute approximate surface area is 259 Å². The standard InChI is InChI=1S/2C16H17NO2S2/c2*1-4-6-10-8-12-14(21-10)13-11(7-9(5-2)20-13)15(18)17(3)16(12)19/h2*7-8H,4-6H2,1-3H3. The summed E-state index contributed by atoms with van der Waals surface area (Å²) >= 11 is 6.60. The molecule has 0 aliphatic carbocycles. The number of fused-ring (bicyclic) bond motifs is 6. The average Bonchev–Trinajstić information content (AvgIpc) is 3.77. The zero-order valence-electron chi connectivity index (χ0n) is 24.7. The summed E-state index contributed by atoms with van der Waals surface area (Å²) in [6, 6.07) is 7.83. The van der Waals surface area contributed by atoms with E-state index in [1.807, 2.05) is 24.3 Å². The second kappa shape index (κ2) is 12.4. The minimum Gasteiger partial charge on any atom is -0.277 e. The molecule has 6 nitrogen and oxygen atoms in total. The zero-order chi connectivity index (χ0) is 30.3. The number of aryl methyl sites for hydroxylation is 4. The first-order valence-corrected chi connectivity index (χ1v) is 17.6. The number of hydrogen-bond acceptors (Lipinski definition) is 8. The third-order valence-corrected chi connectivity index (χ3v) is 12.7. The van der Waals surface area contributed by atoms with Crippen molar-refractivity contribution in [3.63, 3.8) is 0 Å². The fourth-order valence-corrected chi connectivity index (χ4v) is 10.1. The maximum Gasteiger partial charge on any atom is 0.261 e. The van der Waals surface area contributed by atoms with Crippen LogP contribution in [0.4, 0.5) is 0 Å². The van der Waals surface area contributed by atoms with E-state index in [9.17, 15) is 19.2 Å². The van der Waals surface area contributed by atoms with Crippen molar-refractivity contribution in [3.05, 3.63) is 85.2 Å². The van der Waals surface area contributed by atoms with Gasteiger partial charge in [0.15, 0.2) is 0 Å². The Bertz CT molecular complexity index is 2050. The van der Waals surface area contributed by atoms with Gasteiger partial charge in [-0.25, -0.2) is 0 Å². The van der Waals surface area contributed by atoms with Gasteiger partial charge in [0.1, 0.15) is 0 Å². The SMILES string of the molecule is CCCc1cc2c(=O)n(C)c(=O)c3cc(CC)sc3c2s1.CCCc1cc2c(=O)n(C)c(=O)c3cc(CC)sc3c2s1. The molecular weight excluding hydrogens is 605 g/mol. The lowest BCUT2D eigenvalue weighted by Crippen LogP contribution is -2.26. The zero-order valence-corrected chi connectivity index (χ0v) is 28.0. The van der Waals surface area contributed by atoms with Crippen molar-refractivity contribution < 1.29 is 0 Å². The summed E-state index contributed by atoms with van der Waals surface area (Å²) in [6.45, 7) is 8.44. The van der Waals surface area contributed by atoms with Gasteiger partial charge < -0.3 is 0 Å². The van der Waals surface area contributed by atoms with E-state index < -0.39 is 0 Å². The number of nitrogens with zero attached hydrogens (tertiary/aromatic N) is 2. The molecule has 0 radical (unpaired) electrons. The van der Waals surface area contributed by atoms with Crippen molar-refractivity contribution >= 4 is 85.7 Å². The molecule has 220 valence electrons. The smallest absolute Gasteiger partial charge is 0.261 e. The molecule has 42 heavy (non-hydrogen) atoms. The molecule has 10 heteroatoms. The van der Waals surface area contributed by atoms with E-state index in [2.05, 4.69) is 27.7 Å². The first-order valence-electron chi connectivity index (χ1n) is 14.3. The molecule has 6 rings (SSSR count). The molecule has 0 aromatic carbocycles. The van der Waals surface area contributed by atoms with Crippen molar-refractivity contribution in [2.45, 2.75) is 66.2 Å². The van der Waals surface area contributed by atoms with Gasteiger partial charge in [-0.1, -0.05) is 40.5 Å². The first-order chi connectivity index (χ1) is 20.1. The van der Waals surface area contributed by atoms with Gasteiger partial charge in [0.05, 0.1) is 40.3 Å². The molecule has 0 atom stereocenters. The lowest BCUT2D eigenvalue weighted by molar-refractivity contribution is 0.845. The van der Waals surface area contributed by atoms with E-state index in [0.29, 0.717) is 21.5 Å². The molecule has 0 saturated carbocycles. The van der Waals surface area contributed by atoms with Crippen molar-refractivity contribution in [1.82, 2.24) is 9.13 Å². The topological polar surface area (TPSA) is 78.1 Å². The van der Waals surface area contributed by atoms with Crippen LogP contribution in [0.2, 0.25) is 0 Å². The highest BCUT2D eigenvalue weighted by molar-refractivity contribution is 7.27. The normalized spacial score (nSPS) is 11.6. The molecule has 6 aromatic rings. The van der Waals surface area contributed by atoms with Crippen LogP contribution >= 0.6 is 45.3 Å². The summed E-state index contributed by atoms with van der Waals surface area (Å²) in [4.78, 5) is 54.8. The van der Waals surface area contributed by atoms with E-state index in [0.717, 1.165) is 57.3 Å². The van der Waals surface area contributed by atoms with E-state index in [-0.39, 0.29) is 22.2 Å². The van der Waals surface area contributed by atoms with Crippen LogP contribution in [0.5, 0.6) is 0 Å². The Morgan fingerprint density at radius 3 is 1.00 bits per heavy atom. The molecule has 0 amide bonds. The van der Waals surface area contributed by atoms with Crippen molar-refractivity contribution in [3.8, 4) is 0 Å². The van der Waals surface area contributed by atoms with Crippen LogP contribution in [0, 0.1) is 0 Å². The lowest BCUT2D eigenvalue weighted by Gasteiger charge is -1.89. The second-order valence-corrected chi connectivity index (χ2v) is 14.9. The van der Waals surface area contributed by atoms with Gasteiger partial charge in [0.2, 0.25) is 0 Å². The predicted molar refractivity (Wildman–Crippen MR) is 184 cm³/mol. The Balaban J connectivity index is 0.000000168. The molecule has 0 aliphatic rings. The summed E-state index contributed by atoms with van der Waals surface area (Å²) in [5.74, 6) is 0. The lowest BCUT2D eigenvalue weighted by atomic mass is 10.2. The molecule has 0 bridgehead atoms. The number of hydrogen-bond donors (Lipinski definition) is 0. The number of aromatic nitrogens is 2. The largest absolute Gasteiger partial charge is 0.277 e. The summed E-state index contributed by atoms with van der Waals surface area (Å²) in [6.07, 6.45) is 5.88. The molecule has 0 aliphatic heterocycles. The van der Waals surface area contributed by atoms with Gasteiger partial charge >= 0.3 is 0 Å². The molecule has 6 aromatic heterocycles. The van der Waals surface area contributed by atoms with Gasteiger partial charge in [-0.05, 0) is 49.9 Å². The van der Waals surface area contributed by atoms with Crippen LogP contribution in [0.1, 0.15) is 60.0 Å². The van der Waals surface area contributed by atoms with E-state index in [1.54, 1.807) is 59.4 Å². The number of thiophene rings is 4.